The van der Waals surface area contributed by atoms with Gasteiger partial charge in [0.2, 0.25) is 0 Å². The van der Waals surface area contributed by atoms with Gasteiger partial charge in [-0.1, -0.05) is 18.2 Å². The van der Waals surface area contributed by atoms with Gasteiger partial charge in [0.15, 0.2) is 0 Å². The summed E-state index contributed by atoms with van der Waals surface area (Å²) in [5.41, 5.74) is 2.74. The van der Waals surface area contributed by atoms with Gasteiger partial charge in [-0.2, -0.15) is 0 Å². The summed E-state index contributed by atoms with van der Waals surface area (Å²) in [6.45, 7) is 2.16. The molecule has 1 N–H and O–H groups in total. The molecule has 0 bridgehead atoms. The Balaban J connectivity index is 1.89. The lowest BCUT2D eigenvalue weighted by atomic mass is 10.1. The smallest absolute Gasteiger partial charge is 0.123 e. The lowest BCUT2D eigenvalue weighted by molar-refractivity contribution is 0.662. The van der Waals surface area contributed by atoms with Crippen molar-refractivity contribution in [2.75, 3.05) is 7.05 Å². The van der Waals surface area contributed by atoms with Crippen LogP contribution >= 0.6 is 11.3 Å². The predicted molar refractivity (Wildman–Crippen MR) is 77.0 cm³/mol. The van der Waals surface area contributed by atoms with Crippen LogP contribution in [0, 0.1) is 0 Å². The van der Waals surface area contributed by atoms with Crippen LogP contribution in [-0.2, 0) is 0 Å². The molecule has 0 radical (unpaired) electrons. The van der Waals surface area contributed by atoms with Gasteiger partial charge >= 0.3 is 0 Å². The quantitative estimate of drug-likeness (QED) is 0.897. The standard InChI is InChI=1S/C15H18N2S/c1-10(16-2)14-9-17-15(18-14)13-5-3-4-12(8-13)11-6-7-11/h3-5,8-11,16H,6-7H2,1-2H3. The molecule has 1 atom stereocenters. The summed E-state index contributed by atoms with van der Waals surface area (Å²) >= 11 is 1.79. The van der Waals surface area contributed by atoms with Crippen molar-refractivity contribution in [1.82, 2.24) is 10.3 Å². The molecule has 0 amide bonds. The van der Waals surface area contributed by atoms with Crippen LogP contribution in [0.2, 0.25) is 0 Å². The van der Waals surface area contributed by atoms with E-state index in [1.54, 1.807) is 11.3 Å². The maximum Gasteiger partial charge on any atom is 0.123 e. The zero-order valence-corrected chi connectivity index (χ0v) is 11.6. The monoisotopic (exact) mass is 258 g/mol. The highest BCUT2D eigenvalue weighted by Gasteiger charge is 2.23. The largest absolute Gasteiger partial charge is 0.312 e. The predicted octanol–water partition coefficient (Wildman–Crippen LogP) is 3.97. The number of nitrogens with zero attached hydrogens (tertiary/aromatic N) is 1. The van der Waals surface area contributed by atoms with Crippen molar-refractivity contribution in [2.45, 2.75) is 31.7 Å². The van der Waals surface area contributed by atoms with Crippen molar-refractivity contribution in [1.29, 1.82) is 0 Å². The minimum atomic E-state index is 0.378. The summed E-state index contributed by atoms with van der Waals surface area (Å²) in [6.07, 6.45) is 4.69. The van der Waals surface area contributed by atoms with E-state index in [1.165, 1.54) is 28.8 Å². The summed E-state index contributed by atoms with van der Waals surface area (Å²) in [5, 5.41) is 4.39. The highest BCUT2D eigenvalue weighted by Crippen LogP contribution is 2.41. The molecule has 2 aromatic rings. The molecule has 0 spiro atoms. The molecule has 1 unspecified atom stereocenters. The van der Waals surface area contributed by atoms with Crippen LogP contribution in [0.25, 0.3) is 10.6 Å². The maximum atomic E-state index is 4.55. The number of hydrogen-bond acceptors (Lipinski definition) is 3. The second-order valence-corrected chi connectivity index (χ2v) is 6.04. The van der Waals surface area contributed by atoms with E-state index in [0.29, 0.717) is 6.04 Å². The van der Waals surface area contributed by atoms with E-state index in [0.717, 1.165) is 10.9 Å². The average molecular weight is 258 g/mol. The fourth-order valence-corrected chi connectivity index (χ4v) is 3.08. The second-order valence-electron chi connectivity index (χ2n) is 4.98. The molecule has 0 saturated heterocycles. The first-order chi connectivity index (χ1) is 8.78. The number of nitrogens with one attached hydrogen (secondary N) is 1. The third-order valence-corrected chi connectivity index (χ3v) is 4.79. The molecule has 1 saturated carbocycles. The third kappa shape index (κ3) is 2.33. The fraction of sp³-hybridized carbons (Fsp3) is 0.400. The molecule has 1 aliphatic rings. The lowest BCUT2D eigenvalue weighted by Crippen LogP contribution is -2.10. The van der Waals surface area contributed by atoms with E-state index in [-0.39, 0.29) is 0 Å². The highest BCUT2D eigenvalue weighted by atomic mass is 32.1. The van der Waals surface area contributed by atoms with Crippen LogP contribution in [0.5, 0.6) is 0 Å². The molecule has 1 fully saturated rings. The zero-order chi connectivity index (χ0) is 12.5. The first-order valence-electron chi connectivity index (χ1n) is 6.51. The van der Waals surface area contributed by atoms with Gasteiger partial charge in [0.05, 0.1) is 0 Å². The number of hydrogen-bond donors (Lipinski definition) is 1. The molecule has 1 aliphatic carbocycles. The van der Waals surface area contributed by atoms with Crippen LogP contribution < -0.4 is 5.32 Å². The lowest BCUT2D eigenvalue weighted by Gasteiger charge is -2.05. The van der Waals surface area contributed by atoms with Crippen molar-refractivity contribution >= 4 is 11.3 Å². The van der Waals surface area contributed by atoms with Crippen molar-refractivity contribution in [2.24, 2.45) is 0 Å². The van der Waals surface area contributed by atoms with E-state index in [1.807, 2.05) is 13.2 Å². The van der Waals surface area contributed by atoms with E-state index in [9.17, 15) is 0 Å². The highest BCUT2D eigenvalue weighted by molar-refractivity contribution is 7.15. The Kier molecular flexibility index (Phi) is 3.18. The Morgan fingerprint density at radius 3 is 2.94 bits per heavy atom. The SMILES string of the molecule is CNC(C)c1cnc(-c2cccc(C3CC3)c2)s1. The summed E-state index contributed by atoms with van der Waals surface area (Å²) in [6, 6.07) is 9.25. The molecule has 1 aromatic heterocycles. The first kappa shape index (κ1) is 11.9. The summed E-state index contributed by atoms with van der Waals surface area (Å²) in [7, 11) is 1.98. The molecule has 18 heavy (non-hydrogen) atoms. The molecular formula is C15H18N2S. The Morgan fingerprint density at radius 2 is 2.22 bits per heavy atom. The molecule has 3 rings (SSSR count). The fourth-order valence-electron chi connectivity index (χ4n) is 2.10. The molecule has 2 nitrogen and oxygen atoms in total. The molecule has 94 valence electrons. The Bertz CT molecular complexity index is 543. The van der Waals surface area contributed by atoms with Crippen LogP contribution in [-0.4, -0.2) is 12.0 Å². The van der Waals surface area contributed by atoms with Crippen LogP contribution in [0.15, 0.2) is 30.5 Å². The molecular weight excluding hydrogens is 240 g/mol. The summed E-state index contributed by atoms with van der Waals surface area (Å²) < 4.78 is 0. The molecule has 3 heteroatoms. The number of aromatic nitrogens is 1. The third-order valence-electron chi connectivity index (χ3n) is 3.57. The van der Waals surface area contributed by atoms with E-state index in [4.69, 9.17) is 0 Å². The Labute approximate surface area is 112 Å². The number of thiazole rings is 1. The Hall–Kier alpha value is -1.19. The van der Waals surface area contributed by atoms with Gasteiger partial charge < -0.3 is 5.32 Å². The van der Waals surface area contributed by atoms with Crippen LogP contribution in [0.1, 0.15) is 42.2 Å². The summed E-state index contributed by atoms with van der Waals surface area (Å²) in [4.78, 5) is 5.85. The minimum absolute atomic E-state index is 0.378. The van der Waals surface area contributed by atoms with Crippen LogP contribution in [0.3, 0.4) is 0 Å². The van der Waals surface area contributed by atoms with Crippen molar-refractivity contribution < 1.29 is 0 Å². The first-order valence-corrected chi connectivity index (χ1v) is 7.33. The van der Waals surface area contributed by atoms with E-state index >= 15 is 0 Å². The molecule has 0 aliphatic heterocycles. The minimum Gasteiger partial charge on any atom is -0.312 e. The molecule has 1 heterocycles. The van der Waals surface area contributed by atoms with Gasteiger partial charge in [-0.3, -0.25) is 0 Å². The van der Waals surface area contributed by atoms with Gasteiger partial charge in [-0.15, -0.1) is 11.3 Å². The van der Waals surface area contributed by atoms with Gasteiger partial charge in [0.25, 0.3) is 0 Å². The topological polar surface area (TPSA) is 24.9 Å². The van der Waals surface area contributed by atoms with Crippen LogP contribution in [0.4, 0.5) is 0 Å². The Morgan fingerprint density at radius 1 is 1.39 bits per heavy atom. The maximum absolute atomic E-state index is 4.55. The molecule has 1 aromatic carbocycles. The van der Waals surface area contributed by atoms with Gasteiger partial charge in [-0.25, -0.2) is 4.98 Å². The van der Waals surface area contributed by atoms with Crippen molar-refractivity contribution in [3.63, 3.8) is 0 Å². The van der Waals surface area contributed by atoms with Gasteiger partial charge in [-0.05, 0) is 44.4 Å². The second kappa shape index (κ2) is 4.82. The van der Waals surface area contributed by atoms with E-state index < -0.39 is 0 Å². The normalized spacial score (nSPS) is 16.8. The van der Waals surface area contributed by atoms with Crippen molar-refractivity contribution in [3.05, 3.63) is 40.9 Å². The number of rotatable bonds is 4. The van der Waals surface area contributed by atoms with Gasteiger partial charge in [0.1, 0.15) is 5.01 Å². The van der Waals surface area contributed by atoms with E-state index in [2.05, 4.69) is 41.5 Å². The number of benzene rings is 1. The average Bonchev–Trinajstić information content (AvgIpc) is 3.15. The van der Waals surface area contributed by atoms with Gasteiger partial charge in [0, 0.05) is 22.7 Å². The summed E-state index contributed by atoms with van der Waals surface area (Å²) in [5.74, 6) is 0.806. The zero-order valence-electron chi connectivity index (χ0n) is 10.8. The van der Waals surface area contributed by atoms with Crippen molar-refractivity contribution in [3.8, 4) is 10.6 Å².